The smallest absolute Gasteiger partial charge is 0.263 e. The first-order chi connectivity index (χ1) is 9.94. The Morgan fingerprint density at radius 1 is 1.29 bits per heavy atom. The van der Waals surface area contributed by atoms with Gasteiger partial charge in [-0.1, -0.05) is 25.1 Å². The molecule has 0 bridgehead atoms. The zero-order valence-electron chi connectivity index (χ0n) is 12.1. The third kappa shape index (κ3) is 3.59. The van der Waals surface area contributed by atoms with Crippen LogP contribution in [0.25, 0.3) is 0 Å². The monoisotopic (exact) mass is 305 g/mol. The molecule has 0 saturated heterocycles. The minimum Gasteiger partial charge on any atom is -0.324 e. The molecule has 6 heteroatoms. The van der Waals surface area contributed by atoms with Crippen LogP contribution < -0.4 is 10.5 Å². The molecule has 0 aliphatic rings. The van der Waals surface area contributed by atoms with Gasteiger partial charge in [-0.3, -0.25) is 4.72 Å². The molecule has 0 saturated carbocycles. The molecular weight excluding hydrogens is 286 g/mol. The van der Waals surface area contributed by atoms with Crippen molar-refractivity contribution in [3.63, 3.8) is 0 Å². The van der Waals surface area contributed by atoms with Crippen LogP contribution in [0, 0.1) is 6.92 Å². The Hall–Kier alpha value is -1.92. The SMILES string of the molecule is CCC(N)c1cccc(S(=O)(=O)Nc2ncccc2C)c1. The molecule has 3 N–H and O–H groups in total. The first kappa shape index (κ1) is 15.5. The van der Waals surface area contributed by atoms with Crippen LogP contribution in [0.3, 0.4) is 0 Å². The highest BCUT2D eigenvalue weighted by molar-refractivity contribution is 7.92. The van der Waals surface area contributed by atoms with E-state index in [-0.39, 0.29) is 10.9 Å². The third-order valence-corrected chi connectivity index (χ3v) is 4.61. The second-order valence-electron chi connectivity index (χ2n) is 4.86. The van der Waals surface area contributed by atoms with Gasteiger partial charge in [0.15, 0.2) is 0 Å². The Morgan fingerprint density at radius 3 is 2.71 bits per heavy atom. The molecule has 0 radical (unpaired) electrons. The summed E-state index contributed by atoms with van der Waals surface area (Å²) in [5, 5.41) is 0. The second-order valence-corrected chi connectivity index (χ2v) is 6.54. The summed E-state index contributed by atoms with van der Waals surface area (Å²) < 4.78 is 27.4. The van der Waals surface area contributed by atoms with Crippen molar-refractivity contribution >= 4 is 15.8 Å². The van der Waals surface area contributed by atoms with Gasteiger partial charge in [0.05, 0.1) is 4.90 Å². The summed E-state index contributed by atoms with van der Waals surface area (Å²) in [6.45, 7) is 3.76. The number of pyridine rings is 1. The average Bonchev–Trinajstić information content (AvgIpc) is 2.49. The molecule has 112 valence electrons. The highest BCUT2D eigenvalue weighted by Crippen LogP contribution is 2.21. The topological polar surface area (TPSA) is 85.1 Å². The van der Waals surface area contributed by atoms with Crippen LogP contribution in [0.5, 0.6) is 0 Å². The normalized spacial score (nSPS) is 12.9. The fourth-order valence-electron chi connectivity index (χ4n) is 1.93. The summed E-state index contributed by atoms with van der Waals surface area (Å²) in [6, 6.07) is 10.1. The van der Waals surface area contributed by atoms with Gasteiger partial charge in [0.1, 0.15) is 5.82 Å². The third-order valence-electron chi connectivity index (χ3n) is 3.28. The van der Waals surface area contributed by atoms with Crippen LogP contribution in [-0.4, -0.2) is 13.4 Å². The number of hydrogen-bond acceptors (Lipinski definition) is 4. The molecular formula is C15H19N3O2S. The molecule has 21 heavy (non-hydrogen) atoms. The number of anilines is 1. The zero-order chi connectivity index (χ0) is 15.5. The first-order valence-electron chi connectivity index (χ1n) is 6.74. The summed E-state index contributed by atoms with van der Waals surface area (Å²) in [5.74, 6) is 0.336. The second kappa shape index (κ2) is 6.24. The maximum absolute atomic E-state index is 12.4. The number of benzene rings is 1. The lowest BCUT2D eigenvalue weighted by atomic mass is 10.1. The number of hydrogen-bond donors (Lipinski definition) is 2. The number of aromatic nitrogens is 1. The van der Waals surface area contributed by atoms with Gasteiger partial charge >= 0.3 is 0 Å². The lowest BCUT2D eigenvalue weighted by Gasteiger charge is -2.13. The van der Waals surface area contributed by atoms with Crippen molar-refractivity contribution in [2.45, 2.75) is 31.2 Å². The van der Waals surface area contributed by atoms with Gasteiger partial charge in [-0.15, -0.1) is 0 Å². The predicted molar refractivity (Wildman–Crippen MR) is 83.4 cm³/mol. The summed E-state index contributed by atoms with van der Waals surface area (Å²) in [7, 11) is -3.67. The highest BCUT2D eigenvalue weighted by atomic mass is 32.2. The van der Waals surface area contributed by atoms with Gasteiger partial charge in [0.2, 0.25) is 0 Å². The molecule has 2 rings (SSSR count). The Kier molecular flexibility index (Phi) is 4.59. The van der Waals surface area contributed by atoms with E-state index in [4.69, 9.17) is 5.73 Å². The molecule has 0 amide bonds. The summed E-state index contributed by atoms with van der Waals surface area (Å²) in [6.07, 6.45) is 2.30. The van der Waals surface area contributed by atoms with Crippen molar-refractivity contribution in [2.24, 2.45) is 5.73 Å². The number of nitrogens with two attached hydrogens (primary N) is 1. The van der Waals surface area contributed by atoms with Crippen LogP contribution in [0.1, 0.15) is 30.5 Å². The number of nitrogens with zero attached hydrogens (tertiary/aromatic N) is 1. The molecule has 1 aromatic heterocycles. The van der Waals surface area contributed by atoms with Crippen LogP contribution in [0.15, 0.2) is 47.5 Å². The van der Waals surface area contributed by atoms with E-state index in [1.165, 1.54) is 0 Å². The summed E-state index contributed by atoms with van der Waals surface area (Å²) in [4.78, 5) is 4.24. The molecule has 0 spiro atoms. The van der Waals surface area contributed by atoms with Gasteiger partial charge in [0.25, 0.3) is 10.0 Å². The van der Waals surface area contributed by atoms with E-state index < -0.39 is 10.0 Å². The number of rotatable bonds is 5. The largest absolute Gasteiger partial charge is 0.324 e. The van der Waals surface area contributed by atoms with Crippen LogP contribution >= 0.6 is 0 Å². The van der Waals surface area contributed by atoms with E-state index in [1.807, 2.05) is 13.0 Å². The quantitative estimate of drug-likeness (QED) is 0.889. The van der Waals surface area contributed by atoms with Crippen molar-refractivity contribution in [1.29, 1.82) is 0 Å². The van der Waals surface area contributed by atoms with E-state index >= 15 is 0 Å². The number of aryl methyl sites for hydroxylation is 1. The molecule has 0 aliphatic heterocycles. The zero-order valence-corrected chi connectivity index (χ0v) is 12.9. The predicted octanol–water partition coefficient (Wildman–Crippen LogP) is 2.60. The molecule has 2 aromatic rings. The first-order valence-corrected chi connectivity index (χ1v) is 8.22. The average molecular weight is 305 g/mol. The number of sulfonamides is 1. The fraction of sp³-hybridized carbons (Fsp3) is 0.267. The van der Waals surface area contributed by atoms with E-state index in [0.717, 1.165) is 17.5 Å². The van der Waals surface area contributed by atoms with E-state index in [1.54, 1.807) is 43.5 Å². The van der Waals surface area contributed by atoms with Crippen LogP contribution in [0.4, 0.5) is 5.82 Å². The minimum absolute atomic E-state index is 0.170. The lowest BCUT2D eigenvalue weighted by Crippen LogP contribution is -2.16. The summed E-state index contributed by atoms with van der Waals surface area (Å²) in [5.41, 5.74) is 7.53. The minimum atomic E-state index is -3.67. The van der Waals surface area contributed by atoms with Crippen molar-refractivity contribution in [2.75, 3.05) is 4.72 Å². The maximum atomic E-state index is 12.4. The van der Waals surface area contributed by atoms with Crippen LogP contribution in [0.2, 0.25) is 0 Å². The molecule has 5 nitrogen and oxygen atoms in total. The lowest BCUT2D eigenvalue weighted by molar-refractivity contribution is 0.600. The molecule has 1 atom stereocenters. The Balaban J connectivity index is 2.34. The van der Waals surface area contributed by atoms with E-state index in [9.17, 15) is 8.42 Å². The molecule has 1 unspecified atom stereocenters. The van der Waals surface area contributed by atoms with E-state index in [2.05, 4.69) is 9.71 Å². The van der Waals surface area contributed by atoms with Gasteiger partial charge in [0, 0.05) is 12.2 Å². The van der Waals surface area contributed by atoms with Gasteiger partial charge < -0.3 is 5.73 Å². The Bertz CT molecular complexity index is 729. The Labute approximate surface area is 125 Å². The van der Waals surface area contributed by atoms with Gasteiger partial charge in [-0.2, -0.15) is 0 Å². The van der Waals surface area contributed by atoms with Gasteiger partial charge in [-0.05, 0) is 42.7 Å². The number of nitrogens with one attached hydrogen (secondary N) is 1. The van der Waals surface area contributed by atoms with Crippen LogP contribution in [-0.2, 0) is 10.0 Å². The van der Waals surface area contributed by atoms with Crippen molar-refractivity contribution in [3.05, 3.63) is 53.7 Å². The molecule has 1 heterocycles. The van der Waals surface area contributed by atoms with Crippen molar-refractivity contribution in [3.8, 4) is 0 Å². The van der Waals surface area contributed by atoms with Crippen molar-refractivity contribution < 1.29 is 8.42 Å². The Morgan fingerprint density at radius 2 is 2.05 bits per heavy atom. The fourth-order valence-corrected chi connectivity index (χ4v) is 3.06. The molecule has 0 fully saturated rings. The van der Waals surface area contributed by atoms with E-state index in [0.29, 0.717) is 5.82 Å². The standard InChI is InChI=1S/C15H19N3O2S/c1-3-14(16)12-7-4-8-13(10-12)21(19,20)18-15-11(2)6-5-9-17-15/h4-10,14H,3,16H2,1-2H3,(H,17,18). The molecule has 0 aliphatic carbocycles. The van der Waals surface area contributed by atoms with Crippen molar-refractivity contribution in [1.82, 2.24) is 4.98 Å². The summed E-state index contributed by atoms with van der Waals surface area (Å²) >= 11 is 0. The molecule has 1 aromatic carbocycles. The van der Waals surface area contributed by atoms with Gasteiger partial charge in [-0.25, -0.2) is 13.4 Å². The maximum Gasteiger partial charge on any atom is 0.263 e. The highest BCUT2D eigenvalue weighted by Gasteiger charge is 2.17.